The van der Waals surface area contributed by atoms with Crippen LogP contribution < -0.4 is 0 Å². The van der Waals surface area contributed by atoms with Gasteiger partial charge in [-0.15, -0.1) is 0 Å². The van der Waals surface area contributed by atoms with Gasteiger partial charge in [0.05, 0.1) is 17.1 Å². The van der Waals surface area contributed by atoms with Crippen molar-refractivity contribution >= 4 is 46.6 Å². The number of alkyl halides is 1. The molecular weight excluding hydrogens is 349 g/mol. The summed E-state index contributed by atoms with van der Waals surface area (Å²) < 4.78 is 13.0. The minimum Gasteiger partial charge on any atom is -0.301 e. The second-order valence-electron chi connectivity index (χ2n) is 4.98. The summed E-state index contributed by atoms with van der Waals surface area (Å²) in [6, 6.07) is 6.94. The Labute approximate surface area is 146 Å². The molecule has 1 aliphatic heterocycles. The van der Waals surface area contributed by atoms with Gasteiger partial charge in [0.1, 0.15) is 17.3 Å². The van der Waals surface area contributed by atoms with Crippen molar-refractivity contribution in [1.82, 2.24) is 15.1 Å². The van der Waals surface area contributed by atoms with Gasteiger partial charge in [-0.05, 0) is 11.6 Å². The molecule has 0 aliphatic carbocycles. The highest BCUT2D eigenvalue weighted by Crippen LogP contribution is 2.33. The minimum atomic E-state index is -0.521. The van der Waals surface area contributed by atoms with Crippen molar-refractivity contribution in [2.24, 2.45) is 0 Å². The normalized spacial score (nSPS) is 16.2. The molecule has 1 aliphatic rings. The summed E-state index contributed by atoms with van der Waals surface area (Å²) in [7, 11) is 0. The Kier molecular flexibility index (Phi) is 4.86. The number of aldehydes is 1. The van der Waals surface area contributed by atoms with Crippen LogP contribution in [0.1, 0.15) is 11.1 Å². The zero-order valence-electron chi connectivity index (χ0n) is 12.4. The van der Waals surface area contributed by atoms with Crippen LogP contribution in [0.4, 0.5) is 4.39 Å². The first kappa shape index (κ1) is 16.5. The van der Waals surface area contributed by atoms with E-state index in [1.54, 1.807) is 36.5 Å². The van der Waals surface area contributed by atoms with E-state index in [4.69, 9.17) is 12.2 Å². The van der Waals surface area contributed by atoms with Crippen molar-refractivity contribution in [1.29, 1.82) is 0 Å². The third kappa shape index (κ3) is 3.15. The van der Waals surface area contributed by atoms with Gasteiger partial charge in [0, 0.05) is 17.3 Å². The predicted molar refractivity (Wildman–Crippen MR) is 94.8 cm³/mol. The SMILES string of the molecule is O=CCN1C(=O)/C(=C/c2c[nH]nc2-c2ccc(CF)cc2)SC1=S. The van der Waals surface area contributed by atoms with Crippen molar-refractivity contribution in [3.05, 3.63) is 46.5 Å². The van der Waals surface area contributed by atoms with E-state index >= 15 is 0 Å². The molecule has 122 valence electrons. The number of aromatic amines is 1. The number of halogens is 1. The molecule has 5 nitrogen and oxygen atoms in total. The first-order valence-electron chi connectivity index (χ1n) is 7.02. The van der Waals surface area contributed by atoms with E-state index in [-0.39, 0.29) is 12.5 Å². The maximum absolute atomic E-state index is 12.6. The number of hydrogen-bond donors (Lipinski definition) is 1. The number of rotatable bonds is 5. The zero-order valence-corrected chi connectivity index (χ0v) is 14.0. The summed E-state index contributed by atoms with van der Waals surface area (Å²) in [6.07, 6.45) is 4.00. The summed E-state index contributed by atoms with van der Waals surface area (Å²) >= 11 is 6.27. The van der Waals surface area contributed by atoms with Gasteiger partial charge in [-0.3, -0.25) is 14.8 Å². The fourth-order valence-electron chi connectivity index (χ4n) is 2.27. The average Bonchev–Trinajstić information content (AvgIpc) is 3.16. The van der Waals surface area contributed by atoms with Gasteiger partial charge in [0.15, 0.2) is 0 Å². The predicted octanol–water partition coefficient (Wildman–Crippen LogP) is 2.95. The Hall–Kier alpha value is -2.32. The number of nitrogens with zero attached hydrogens (tertiary/aromatic N) is 2. The van der Waals surface area contributed by atoms with Crippen molar-refractivity contribution in [3.8, 4) is 11.3 Å². The molecule has 0 unspecified atom stereocenters. The van der Waals surface area contributed by atoms with Crippen molar-refractivity contribution < 1.29 is 14.0 Å². The number of benzene rings is 1. The van der Waals surface area contributed by atoms with Crippen LogP contribution in [0.25, 0.3) is 17.3 Å². The van der Waals surface area contributed by atoms with Gasteiger partial charge in [-0.25, -0.2) is 4.39 Å². The number of amides is 1. The van der Waals surface area contributed by atoms with E-state index in [9.17, 15) is 14.0 Å². The average molecular weight is 361 g/mol. The molecule has 1 N–H and O–H groups in total. The molecule has 3 rings (SSSR count). The van der Waals surface area contributed by atoms with Gasteiger partial charge in [-0.2, -0.15) is 5.10 Å². The summed E-state index contributed by atoms with van der Waals surface area (Å²) in [6.45, 7) is -0.572. The molecule has 0 spiro atoms. The highest BCUT2D eigenvalue weighted by Gasteiger charge is 2.31. The second kappa shape index (κ2) is 7.06. The quantitative estimate of drug-likeness (QED) is 0.504. The molecule has 1 aromatic heterocycles. The fourth-order valence-corrected chi connectivity index (χ4v) is 3.53. The Balaban J connectivity index is 1.92. The highest BCUT2D eigenvalue weighted by molar-refractivity contribution is 8.26. The third-order valence-electron chi connectivity index (χ3n) is 3.47. The van der Waals surface area contributed by atoms with Crippen LogP contribution in [0.5, 0.6) is 0 Å². The third-order valence-corrected chi connectivity index (χ3v) is 4.85. The molecule has 1 fully saturated rings. The Morgan fingerprint density at radius 3 is 2.75 bits per heavy atom. The maximum atomic E-state index is 12.6. The van der Waals surface area contributed by atoms with E-state index in [0.717, 1.165) is 22.9 Å². The summed E-state index contributed by atoms with van der Waals surface area (Å²) in [5.41, 5.74) is 2.77. The Morgan fingerprint density at radius 1 is 1.33 bits per heavy atom. The van der Waals surface area contributed by atoms with Crippen LogP contribution in [0, 0.1) is 0 Å². The van der Waals surface area contributed by atoms with E-state index in [0.29, 0.717) is 26.8 Å². The largest absolute Gasteiger partial charge is 0.301 e. The first-order valence-corrected chi connectivity index (χ1v) is 8.24. The molecule has 1 aromatic carbocycles. The van der Waals surface area contributed by atoms with E-state index in [2.05, 4.69) is 10.2 Å². The van der Waals surface area contributed by atoms with E-state index in [1.165, 1.54) is 4.90 Å². The fraction of sp³-hybridized carbons (Fsp3) is 0.125. The van der Waals surface area contributed by atoms with Crippen LogP contribution >= 0.6 is 24.0 Å². The van der Waals surface area contributed by atoms with Crippen molar-refractivity contribution in [2.45, 2.75) is 6.67 Å². The molecule has 0 atom stereocenters. The second-order valence-corrected chi connectivity index (χ2v) is 6.65. The van der Waals surface area contributed by atoms with E-state index in [1.807, 2.05) is 0 Å². The summed E-state index contributed by atoms with van der Waals surface area (Å²) in [4.78, 5) is 24.6. The first-order chi connectivity index (χ1) is 11.6. The molecule has 24 heavy (non-hydrogen) atoms. The zero-order chi connectivity index (χ0) is 17.1. The molecule has 0 radical (unpaired) electrons. The molecule has 8 heteroatoms. The van der Waals surface area contributed by atoms with Crippen LogP contribution in [0.15, 0.2) is 35.4 Å². The van der Waals surface area contributed by atoms with Gasteiger partial charge in [0.2, 0.25) is 0 Å². The number of thioether (sulfide) groups is 1. The number of thiocarbonyl (C=S) groups is 1. The number of aromatic nitrogens is 2. The number of H-pyrrole nitrogens is 1. The summed E-state index contributed by atoms with van der Waals surface area (Å²) in [5, 5.41) is 6.97. The number of hydrogen-bond acceptors (Lipinski definition) is 5. The van der Waals surface area contributed by atoms with E-state index < -0.39 is 6.67 Å². The maximum Gasteiger partial charge on any atom is 0.266 e. The lowest BCUT2D eigenvalue weighted by molar-refractivity contribution is -0.124. The van der Waals surface area contributed by atoms with Crippen LogP contribution in [-0.2, 0) is 16.3 Å². The molecule has 2 heterocycles. The molecule has 1 amide bonds. The topological polar surface area (TPSA) is 66.1 Å². The standard InChI is InChI=1S/C16H12FN3O2S2/c17-8-10-1-3-11(4-2-10)14-12(9-18-19-14)7-13-15(22)20(5-6-21)16(23)24-13/h1-4,6-7,9H,5,8H2,(H,18,19)/b13-7-. The van der Waals surface area contributed by atoms with Crippen molar-refractivity contribution in [3.63, 3.8) is 0 Å². The lowest BCUT2D eigenvalue weighted by atomic mass is 10.1. The monoisotopic (exact) mass is 361 g/mol. The van der Waals surface area contributed by atoms with Crippen molar-refractivity contribution in [2.75, 3.05) is 6.54 Å². The number of nitrogens with one attached hydrogen (secondary N) is 1. The van der Waals surface area contributed by atoms with Gasteiger partial charge in [-0.1, -0.05) is 48.2 Å². The molecule has 2 aromatic rings. The molecule has 0 bridgehead atoms. The molecular formula is C16H12FN3O2S2. The van der Waals surface area contributed by atoms with Crippen LogP contribution in [-0.4, -0.2) is 38.2 Å². The highest BCUT2D eigenvalue weighted by atomic mass is 32.2. The minimum absolute atomic E-state index is 0.0507. The number of carbonyl (C=O) groups is 2. The number of carbonyl (C=O) groups excluding carboxylic acids is 2. The van der Waals surface area contributed by atoms with Gasteiger partial charge in [0.25, 0.3) is 5.91 Å². The summed E-state index contributed by atoms with van der Waals surface area (Å²) in [5.74, 6) is -0.294. The van der Waals surface area contributed by atoms with Crippen LogP contribution in [0.2, 0.25) is 0 Å². The lowest BCUT2D eigenvalue weighted by Crippen LogP contribution is -2.29. The van der Waals surface area contributed by atoms with Crippen LogP contribution in [0.3, 0.4) is 0 Å². The van der Waals surface area contributed by atoms with Gasteiger partial charge < -0.3 is 4.79 Å². The Bertz CT molecular complexity index is 830. The Morgan fingerprint density at radius 2 is 2.08 bits per heavy atom. The molecule has 0 saturated carbocycles. The van der Waals surface area contributed by atoms with Gasteiger partial charge >= 0.3 is 0 Å². The smallest absolute Gasteiger partial charge is 0.266 e. The lowest BCUT2D eigenvalue weighted by Gasteiger charge is -2.08. The molecule has 1 saturated heterocycles.